The molecule has 2 rings (SSSR count). The van der Waals surface area contributed by atoms with Gasteiger partial charge >= 0.3 is 0 Å². The minimum Gasteiger partial charge on any atom is -0.482 e. The molecule has 2 N–H and O–H groups in total. The monoisotopic (exact) mass is 338 g/mol. The molecule has 1 aromatic carbocycles. The number of piperidine rings is 1. The molecule has 1 aromatic rings. The molecule has 1 saturated heterocycles. The number of nitrogens with one attached hydrogen (secondary N) is 2. The third-order valence-corrected chi connectivity index (χ3v) is 3.45. The standard InChI is InChI=1S/C13H16Cl2N2O2.ClH/c14-9-3-4-12(11(15)6-9)19-8-13(18)17-10-2-1-5-16-7-10;/h3-4,6,10,16H,1-2,5,7-8H2,(H,17,18);1H/t10-;/m0./s1. The largest absolute Gasteiger partial charge is 0.482 e. The molecule has 112 valence electrons. The first-order valence-corrected chi connectivity index (χ1v) is 6.98. The fourth-order valence-corrected chi connectivity index (χ4v) is 2.44. The molecule has 0 saturated carbocycles. The van der Waals surface area contributed by atoms with E-state index in [4.69, 9.17) is 27.9 Å². The summed E-state index contributed by atoms with van der Waals surface area (Å²) in [5.74, 6) is 0.322. The highest BCUT2D eigenvalue weighted by Gasteiger charge is 2.15. The van der Waals surface area contributed by atoms with E-state index in [0.717, 1.165) is 25.9 Å². The highest BCUT2D eigenvalue weighted by atomic mass is 35.5. The first kappa shape index (κ1) is 17.4. The van der Waals surface area contributed by atoms with Crippen molar-refractivity contribution in [2.24, 2.45) is 0 Å². The van der Waals surface area contributed by atoms with Crippen LogP contribution in [0.25, 0.3) is 0 Å². The lowest BCUT2D eigenvalue weighted by Crippen LogP contribution is -2.47. The highest BCUT2D eigenvalue weighted by molar-refractivity contribution is 6.35. The number of hydrogen-bond donors (Lipinski definition) is 2. The molecule has 0 bridgehead atoms. The maximum Gasteiger partial charge on any atom is 0.258 e. The van der Waals surface area contributed by atoms with Gasteiger partial charge in [-0.05, 0) is 37.6 Å². The Morgan fingerprint density at radius 2 is 2.25 bits per heavy atom. The molecule has 0 unspecified atom stereocenters. The van der Waals surface area contributed by atoms with Gasteiger partial charge in [0.2, 0.25) is 0 Å². The molecule has 0 radical (unpaired) electrons. The van der Waals surface area contributed by atoms with E-state index in [1.807, 2.05) is 0 Å². The summed E-state index contributed by atoms with van der Waals surface area (Å²) in [6.45, 7) is 1.79. The van der Waals surface area contributed by atoms with Crippen molar-refractivity contribution < 1.29 is 9.53 Å². The van der Waals surface area contributed by atoms with Gasteiger partial charge < -0.3 is 15.4 Å². The van der Waals surface area contributed by atoms with E-state index < -0.39 is 0 Å². The zero-order valence-electron chi connectivity index (χ0n) is 10.8. The zero-order chi connectivity index (χ0) is 13.7. The maximum atomic E-state index is 11.7. The normalized spacial score (nSPS) is 18.0. The molecule has 1 aliphatic heterocycles. The molecule has 0 spiro atoms. The minimum atomic E-state index is -0.139. The van der Waals surface area contributed by atoms with Crippen molar-refractivity contribution in [1.82, 2.24) is 10.6 Å². The number of carbonyl (C=O) groups is 1. The Bertz CT molecular complexity index is 451. The van der Waals surface area contributed by atoms with Gasteiger partial charge in [0.1, 0.15) is 5.75 Å². The van der Waals surface area contributed by atoms with Crippen LogP contribution in [-0.4, -0.2) is 31.6 Å². The lowest BCUT2D eigenvalue weighted by atomic mass is 10.1. The topological polar surface area (TPSA) is 50.4 Å². The Morgan fingerprint density at radius 3 is 2.90 bits per heavy atom. The molecular weight excluding hydrogens is 323 g/mol. The van der Waals surface area contributed by atoms with Crippen LogP contribution in [0.3, 0.4) is 0 Å². The van der Waals surface area contributed by atoms with Gasteiger partial charge in [-0.2, -0.15) is 0 Å². The number of benzene rings is 1. The van der Waals surface area contributed by atoms with E-state index >= 15 is 0 Å². The summed E-state index contributed by atoms with van der Waals surface area (Å²) in [6, 6.07) is 5.10. The van der Waals surface area contributed by atoms with E-state index in [2.05, 4.69) is 10.6 Å². The fraction of sp³-hybridized carbons (Fsp3) is 0.462. The van der Waals surface area contributed by atoms with Gasteiger partial charge in [0.05, 0.1) is 5.02 Å². The van der Waals surface area contributed by atoms with Crippen LogP contribution in [-0.2, 0) is 4.79 Å². The smallest absolute Gasteiger partial charge is 0.258 e. The molecule has 1 heterocycles. The summed E-state index contributed by atoms with van der Waals surface area (Å²) in [6.07, 6.45) is 2.08. The van der Waals surface area contributed by atoms with Crippen LogP contribution in [0.4, 0.5) is 0 Å². The quantitative estimate of drug-likeness (QED) is 0.887. The number of hydrogen-bond acceptors (Lipinski definition) is 3. The minimum absolute atomic E-state index is 0. The van der Waals surface area contributed by atoms with Crippen LogP contribution in [0.1, 0.15) is 12.8 Å². The van der Waals surface area contributed by atoms with Gasteiger partial charge in [0, 0.05) is 17.6 Å². The highest BCUT2D eigenvalue weighted by Crippen LogP contribution is 2.27. The zero-order valence-corrected chi connectivity index (χ0v) is 13.2. The Kier molecular flexibility index (Phi) is 7.45. The Balaban J connectivity index is 0.00000200. The Morgan fingerprint density at radius 1 is 1.45 bits per heavy atom. The van der Waals surface area contributed by atoms with Crippen molar-refractivity contribution in [1.29, 1.82) is 0 Å². The van der Waals surface area contributed by atoms with Gasteiger partial charge in [-0.3, -0.25) is 4.79 Å². The lowest BCUT2D eigenvalue weighted by Gasteiger charge is -2.23. The first-order valence-electron chi connectivity index (χ1n) is 6.23. The summed E-state index contributed by atoms with van der Waals surface area (Å²) in [5, 5.41) is 7.10. The van der Waals surface area contributed by atoms with Crippen LogP contribution in [0.5, 0.6) is 5.75 Å². The molecule has 1 atom stereocenters. The maximum absolute atomic E-state index is 11.7. The lowest BCUT2D eigenvalue weighted by molar-refractivity contribution is -0.123. The van der Waals surface area contributed by atoms with E-state index in [9.17, 15) is 4.79 Å². The molecule has 0 aromatic heterocycles. The van der Waals surface area contributed by atoms with Crippen molar-refractivity contribution in [3.05, 3.63) is 28.2 Å². The fourth-order valence-electron chi connectivity index (χ4n) is 1.98. The van der Waals surface area contributed by atoms with E-state index in [-0.39, 0.29) is 31.0 Å². The van der Waals surface area contributed by atoms with E-state index in [1.54, 1.807) is 18.2 Å². The van der Waals surface area contributed by atoms with Gasteiger partial charge in [-0.1, -0.05) is 23.2 Å². The average molecular weight is 340 g/mol. The molecule has 0 aliphatic carbocycles. The average Bonchev–Trinajstić information content (AvgIpc) is 2.39. The molecule has 7 heteroatoms. The summed E-state index contributed by atoms with van der Waals surface area (Å²) in [7, 11) is 0. The number of halogens is 3. The van der Waals surface area contributed by atoms with Crippen LogP contribution in [0, 0.1) is 0 Å². The predicted octanol–water partition coefficient (Wildman–Crippen LogP) is 2.66. The van der Waals surface area contributed by atoms with Crippen LogP contribution in [0.2, 0.25) is 10.0 Å². The van der Waals surface area contributed by atoms with Gasteiger partial charge in [0.15, 0.2) is 6.61 Å². The second kappa shape index (κ2) is 8.57. The Hall–Kier alpha value is -0.680. The molecular formula is C13H17Cl3N2O2. The third-order valence-electron chi connectivity index (χ3n) is 2.91. The first-order chi connectivity index (χ1) is 9.15. The number of amides is 1. The van der Waals surface area contributed by atoms with Gasteiger partial charge in [-0.15, -0.1) is 12.4 Å². The molecule has 1 aliphatic rings. The molecule has 1 fully saturated rings. The predicted molar refractivity (Wildman–Crippen MR) is 83.2 cm³/mol. The summed E-state index contributed by atoms with van der Waals surface area (Å²) >= 11 is 11.7. The van der Waals surface area contributed by atoms with Crippen molar-refractivity contribution in [2.45, 2.75) is 18.9 Å². The van der Waals surface area contributed by atoms with E-state index in [1.165, 1.54) is 0 Å². The van der Waals surface area contributed by atoms with Crippen LogP contribution >= 0.6 is 35.6 Å². The van der Waals surface area contributed by atoms with Crippen molar-refractivity contribution in [3.63, 3.8) is 0 Å². The number of ether oxygens (including phenoxy) is 1. The van der Waals surface area contributed by atoms with E-state index in [0.29, 0.717) is 15.8 Å². The summed E-state index contributed by atoms with van der Waals surface area (Å²) < 4.78 is 5.37. The van der Waals surface area contributed by atoms with Gasteiger partial charge in [0.25, 0.3) is 5.91 Å². The third kappa shape index (κ3) is 5.37. The second-order valence-electron chi connectivity index (χ2n) is 4.47. The Labute approximate surface area is 134 Å². The number of rotatable bonds is 4. The molecule has 20 heavy (non-hydrogen) atoms. The van der Waals surface area contributed by atoms with Crippen molar-refractivity contribution >= 4 is 41.5 Å². The SMILES string of the molecule is Cl.O=C(COc1ccc(Cl)cc1Cl)N[C@H]1CCCNC1. The number of carbonyl (C=O) groups excluding carboxylic acids is 1. The van der Waals surface area contributed by atoms with Crippen LogP contribution < -0.4 is 15.4 Å². The van der Waals surface area contributed by atoms with Crippen LogP contribution in [0.15, 0.2) is 18.2 Å². The molecule has 4 nitrogen and oxygen atoms in total. The molecule has 1 amide bonds. The van der Waals surface area contributed by atoms with Crippen molar-refractivity contribution in [3.8, 4) is 5.75 Å². The van der Waals surface area contributed by atoms with Crippen molar-refractivity contribution in [2.75, 3.05) is 19.7 Å². The second-order valence-corrected chi connectivity index (χ2v) is 5.32. The summed E-state index contributed by atoms with van der Waals surface area (Å²) in [4.78, 5) is 11.7. The summed E-state index contributed by atoms with van der Waals surface area (Å²) in [5.41, 5.74) is 0. The van der Waals surface area contributed by atoms with Gasteiger partial charge in [-0.25, -0.2) is 0 Å².